The topological polar surface area (TPSA) is 92.4 Å². The van der Waals surface area contributed by atoms with Gasteiger partial charge in [0.05, 0.1) is 5.41 Å². The van der Waals surface area contributed by atoms with Crippen molar-refractivity contribution in [3.05, 3.63) is 29.8 Å². The summed E-state index contributed by atoms with van der Waals surface area (Å²) in [5, 5.41) is 11.9. The van der Waals surface area contributed by atoms with Gasteiger partial charge in [0, 0.05) is 18.7 Å². The van der Waals surface area contributed by atoms with E-state index in [0.717, 1.165) is 5.56 Å². The van der Waals surface area contributed by atoms with Crippen LogP contribution in [0.4, 0.5) is 5.69 Å². The monoisotopic (exact) mass is 292 g/mol. The van der Waals surface area contributed by atoms with Gasteiger partial charge in [0.25, 0.3) is 0 Å². The second kappa shape index (κ2) is 7.11. The molecule has 0 aliphatic heterocycles. The minimum atomic E-state index is -0.917. The molecule has 0 heterocycles. The number of anilines is 1. The Kier molecular flexibility index (Phi) is 5.76. The lowest BCUT2D eigenvalue weighted by Gasteiger charge is -2.23. The maximum absolute atomic E-state index is 12.0. The molecule has 2 unspecified atom stereocenters. The maximum Gasteiger partial charge on any atom is 0.311 e. The Morgan fingerprint density at radius 3 is 2.38 bits per heavy atom. The number of amides is 1. The number of nitrogens with two attached hydrogens (primary N) is 1. The molecule has 21 heavy (non-hydrogen) atoms. The number of benzene rings is 1. The van der Waals surface area contributed by atoms with Crippen molar-refractivity contribution in [2.75, 3.05) is 12.3 Å². The van der Waals surface area contributed by atoms with Gasteiger partial charge < -0.3 is 16.2 Å². The van der Waals surface area contributed by atoms with Crippen molar-refractivity contribution in [2.24, 2.45) is 5.41 Å². The molecule has 0 radical (unpaired) electrons. The highest BCUT2D eigenvalue weighted by atomic mass is 16.4. The van der Waals surface area contributed by atoms with Crippen LogP contribution >= 0.6 is 0 Å². The summed E-state index contributed by atoms with van der Waals surface area (Å²) in [6, 6.07) is 7.42. The summed E-state index contributed by atoms with van der Waals surface area (Å²) in [6.07, 6.45) is 0.791. The molecule has 4 N–H and O–H groups in total. The van der Waals surface area contributed by atoms with E-state index in [2.05, 4.69) is 5.32 Å². The predicted molar refractivity (Wildman–Crippen MR) is 82.9 cm³/mol. The van der Waals surface area contributed by atoms with Gasteiger partial charge in [-0.05, 0) is 37.0 Å². The largest absolute Gasteiger partial charge is 0.481 e. The van der Waals surface area contributed by atoms with Crippen molar-refractivity contribution >= 4 is 17.6 Å². The standard InChI is InChI=1S/C16H24N2O3/c1-4-16(3,15(20)21)10-18-14(19)9-11(2)12-5-7-13(17)8-6-12/h5-8,11H,4,9-10,17H2,1-3H3,(H,18,19)(H,20,21). The van der Waals surface area contributed by atoms with Crippen molar-refractivity contribution in [1.82, 2.24) is 5.32 Å². The minimum Gasteiger partial charge on any atom is -0.481 e. The van der Waals surface area contributed by atoms with E-state index in [1.54, 1.807) is 13.8 Å². The fourth-order valence-corrected chi connectivity index (χ4v) is 1.94. The van der Waals surface area contributed by atoms with Gasteiger partial charge in [-0.3, -0.25) is 9.59 Å². The Bertz CT molecular complexity index is 499. The molecule has 0 saturated heterocycles. The van der Waals surface area contributed by atoms with E-state index >= 15 is 0 Å². The lowest BCUT2D eigenvalue weighted by Crippen LogP contribution is -2.40. The van der Waals surface area contributed by atoms with Crippen molar-refractivity contribution in [3.8, 4) is 0 Å². The predicted octanol–water partition coefficient (Wildman–Crippen LogP) is 2.38. The first-order valence-electron chi connectivity index (χ1n) is 7.14. The molecule has 5 nitrogen and oxygen atoms in total. The van der Waals surface area contributed by atoms with Crippen LogP contribution in [0.5, 0.6) is 0 Å². The first-order chi connectivity index (χ1) is 9.78. The molecule has 0 saturated carbocycles. The van der Waals surface area contributed by atoms with Gasteiger partial charge in [0.1, 0.15) is 0 Å². The fourth-order valence-electron chi connectivity index (χ4n) is 1.94. The SMILES string of the molecule is CCC(C)(CNC(=O)CC(C)c1ccc(N)cc1)C(=O)O. The molecule has 0 aromatic heterocycles. The van der Waals surface area contributed by atoms with Gasteiger partial charge in [0.15, 0.2) is 0 Å². The molecule has 2 atom stereocenters. The first-order valence-corrected chi connectivity index (χ1v) is 7.14. The van der Waals surface area contributed by atoms with Crippen LogP contribution in [-0.4, -0.2) is 23.5 Å². The molecular formula is C16H24N2O3. The highest BCUT2D eigenvalue weighted by Gasteiger charge is 2.31. The fraction of sp³-hybridized carbons (Fsp3) is 0.500. The second-order valence-electron chi connectivity index (χ2n) is 5.77. The number of nitrogens with one attached hydrogen (secondary N) is 1. The molecule has 1 amide bonds. The quantitative estimate of drug-likeness (QED) is 0.673. The van der Waals surface area contributed by atoms with Crippen LogP contribution in [0.15, 0.2) is 24.3 Å². The molecule has 1 aromatic carbocycles. The van der Waals surface area contributed by atoms with Gasteiger partial charge in [-0.2, -0.15) is 0 Å². The highest BCUT2D eigenvalue weighted by molar-refractivity contribution is 5.79. The lowest BCUT2D eigenvalue weighted by atomic mass is 9.87. The Balaban J connectivity index is 2.54. The van der Waals surface area contributed by atoms with Gasteiger partial charge in [0.2, 0.25) is 5.91 Å². The zero-order chi connectivity index (χ0) is 16.0. The number of hydrogen-bond acceptors (Lipinski definition) is 3. The van der Waals surface area contributed by atoms with Crippen molar-refractivity contribution in [3.63, 3.8) is 0 Å². The average molecular weight is 292 g/mol. The van der Waals surface area contributed by atoms with Crippen LogP contribution in [0.25, 0.3) is 0 Å². The summed E-state index contributed by atoms with van der Waals surface area (Å²) >= 11 is 0. The Labute approximate surface area is 125 Å². The zero-order valence-corrected chi connectivity index (χ0v) is 12.8. The lowest BCUT2D eigenvalue weighted by molar-refractivity contribution is -0.148. The van der Waals surface area contributed by atoms with Crippen LogP contribution in [-0.2, 0) is 9.59 Å². The number of aliphatic carboxylic acids is 1. The van der Waals surface area contributed by atoms with E-state index in [-0.39, 0.29) is 18.4 Å². The zero-order valence-electron chi connectivity index (χ0n) is 12.8. The normalized spacial score (nSPS) is 15.0. The first kappa shape index (κ1) is 17.0. The van der Waals surface area contributed by atoms with Crippen LogP contribution in [0.2, 0.25) is 0 Å². The molecule has 0 bridgehead atoms. The molecule has 0 aliphatic rings. The number of nitrogen functional groups attached to an aromatic ring is 1. The highest BCUT2D eigenvalue weighted by Crippen LogP contribution is 2.22. The molecule has 116 valence electrons. The summed E-state index contributed by atoms with van der Waals surface area (Å²) in [6.45, 7) is 5.55. The summed E-state index contributed by atoms with van der Waals surface area (Å²) in [5.74, 6) is -0.972. The molecule has 0 spiro atoms. The third-order valence-corrected chi connectivity index (χ3v) is 3.97. The Hall–Kier alpha value is -2.04. The summed E-state index contributed by atoms with van der Waals surface area (Å²) in [5.41, 5.74) is 6.44. The smallest absolute Gasteiger partial charge is 0.311 e. The summed E-state index contributed by atoms with van der Waals surface area (Å²) in [4.78, 5) is 23.1. The number of carbonyl (C=O) groups excluding carboxylic acids is 1. The third kappa shape index (κ3) is 4.77. The van der Waals surface area contributed by atoms with E-state index in [1.807, 2.05) is 31.2 Å². The number of rotatable bonds is 7. The van der Waals surface area contributed by atoms with Crippen LogP contribution in [0.1, 0.15) is 45.1 Å². The summed E-state index contributed by atoms with van der Waals surface area (Å²) in [7, 11) is 0. The van der Waals surface area contributed by atoms with Gasteiger partial charge in [-0.15, -0.1) is 0 Å². The van der Waals surface area contributed by atoms with Crippen molar-refractivity contribution in [1.29, 1.82) is 0 Å². The van der Waals surface area contributed by atoms with Crippen LogP contribution in [0.3, 0.4) is 0 Å². The van der Waals surface area contributed by atoms with Gasteiger partial charge >= 0.3 is 5.97 Å². The number of carboxylic acid groups (broad SMARTS) is 1. The Morgan fingerprint density at radius 2 is 1.90 bits per heavy atom. The van der Waals surface area contributed by atoms with E-state index in [9.17, 15) is 9.59 Å². The molecular weight excluding hydrogens is 268 g/mol. The number of carbonyl (C=O) groups is 2. The van der Waals surface area contributed by atoms with Gasteiger partial charge in [-0.25, -0.2) is 0 Å². The van der Waals surface area contributed by atoms with E-state index in [0.29, 0.717) is 18.5 Å². The molecule has 5 heteroatoms. The van der Waals surface area contributed by atoms with E-state index < -0.39 is 11.4 Å². The third-order valence-electron chi connectivity index (χ3n) is 3.97. The maximum atomic E-state index is 12.0. The Morgan fingerprint density at radius 1 is 1.33 bits per heavy atom. The minimum absolute atomic E-state index is 0.0586. The molecule has 0 aliphatic carbocycles. The number of hydrogen-bond donors (Lipinski definition) is 3. The molecule has 1 aromatic rings. The van der Waals surface area contributed by atoms with Crippen molar-refractivity contribution < 1.29 is 14.7 Å². The van der Waals surface area contributed by atoms with Crippen molar-refractivity contribution in [2.45, 2.75) is 39.5 Å². The second-order valence-corrected chi connectivity index (χ2v) is 5.77. The van der Waals surface area contributed by atoms with Crippen LogP contribution < -0.4 is 11.1 Å². The van der Waals surface area contributed by atoms with E-state index in [1.165, 1.54) is 0 Å². The van der Waals surface area contributed by atoms with E-state index in [4.69, 9.17) is 10.8 Å². The molecule has 0 fully saturated rings. The number of carboxylic acids is 1. The average Bonchev–Trinajstić information content (AvgIpc) is 2.45. The van der Waals surface area contributed by atoms with Crippen LogP contribution in [0, 0.1) is 5.41 Å². The molecule has 1 rings (SSSR count). The summed E-state index contributed by atoms with van der Waals surface area (Å²) < 4.78 is 0. The van der Waals surface area contributed by atoms with Gasteiger partial charge in [-0.1, -0.05) is 26.0 Å².